The Morgan fingerprint density at radius 3 is 2.07 bits per heavy atom. The van der Waals surface area contributed by atoms with Gasteiger partial charge in [-0.05, 0) is 32.3 Å². The van der Waals surface area contributed by atoms with Crippen LogP contribution in [-0.4, -0.2) is 0 Å². The summed E-state index contributed by atoms with van der Waals surface area (Å²) in [5.74, 6) is 0. The second kappa shape index (κ2) is 5.85. The molecule has 0 bridgehead atoms. The van der Waals surface area contributed by atoms with Crippen molar-refractivity contribution in [1.82, 2.24) is 0 Å². The van der Waals surface area contributed by atoms with Gasteiger partial charge in [0.25, 0.3) is 0 Å². The van der Waals surface area contributed by atoms with Crippen LogP contribution in [0.4, 0.5) is 0 Å². The standard InChI is InChI=1S/C14H22/c1-4-5-6-7-8-14-10-12(2)9-13(3)11-14/h9-11H,4-8H2,1-3H3. The lowest BCUT2D eigenvalue weighted by Crippen LogP contribution is -1.88. The van der Waals surface area contributed by atoms with Crippen molar-refractivity contribution in [2.24, 2.45) is 0 Å². The number of aryl methyl sites for hydroxylation is 3. The largest absolute Gasteiger partial charge is 0.0654 e. The van der Waals surface area contributed by atoms with Crippen molar-refractivity contribution in [3.05, 3.63) is 34.9 Å². The first-order chi connectivity index (χ1) is 6.72. The van der Waals surface area contributed by atoms with E-state index in [1.54, 1.807) is 0 Å². The number of rotatable bonds is 5. The third kappa shape index (κ3) is 3.95. The summed E-state index contributed by atoms with van der Waals surface area (Å²) in [6.45, 7) is 6.63. The topological polar surface area (TPSA) is 0 Å². The molecular weight excluding hydrogens is 168 g/mol. The minimum absolute atomic E-state index is 1.25. The number of benzene rings is 1. The molecule has 0 atom stereocenters. The fourth-order valence-corrected chi connectivity index (χ4v) is 1.97. The molecule has 0 spiro atoms. The van der Waals surface area contributed by atoms with E-state index in [-0.39, 0.29) is 0 Å². The summed E-state index contributed by atoms with van der Waals surface area (Å²) >= 11 is 0. The summed E-state index contributed by atoms with van der Waals surface area (Å²) in [5.41, 5.74) is 4.31. The number of hydrogen-bond acceptors (Lipinski definition) is 0. The second-order valence-corrected chi connectivity index (χ2v) is 4.31. The van der Waals surface area contributed by atoms with Gasteiger partial charge in [0.15, 0.2) is 0 Å². The van der Waals surface area contributed by atoms with Crippen LogP contribution in [0.25, 0.3) is 0 Å². The van der Waals surface area contributed by atoms with Crippen molar-refractivity contribution in [2.45, 2.75) is 52.9 Å². The Hall–Kier alpha value is -0.780. The maximum atomic E-state index is 2.32. The fourth-order valence-electron chi connectivity index (χ4n) is 1.97. The molecule has 0 N–H and O–H groups in total. The Labute approximate surface area is 88.4 Å². The minimum atomic E-state index is 1.25. The molecule has 0 heteroatoms. The minimum Gasteiger partial charge on any atom is -0.0654 e. The van der Waals surface area contributed by atoms with Crippen LogP contribution in [0.1, 0.15) is 49.3 Å². The molecular formula is C14H22. The molecule has 0 aliphatic carbocycles. The van der Waals surface area contributed by atoms with Gasteiger partial charge >= 0.3 is 0 Å². The van der Waals surface area contributed by atoms with Crippen LogP contribution in [-0.2, 0) is 6.42 Å². The van der Waals surface area contributed by atoms with E-state index < -0.39 is 0 Å². The molecule has 0 saturated carbocycles. The molecule has 78 valence electrons. The molecule has 0 aliphatic heterocycles. The average Bonchev–Trinajstić information content (AvgIpc) is 2.11. The summed E-state index contributed by atoms with van der Waals surface area (Å²) in [6, 6.07) is 6.88. The highest BCUT2D eigenvalue weighted by molar-refractivity contribution is 5.28. The van der Waals surface area contributed by atoms with Crippen molar-refractivity contribution in [2.75, 3.05) is 0 Å². The zero-order valence-electron chi connectivity index (χ0n) is 9.77. The molecule has 0 nitrogen and oxygen atoms in total. The third-order valence-electron chi connectivity index (χ3n) is 2.60. The molecule has 0 amide bonds. The highest BCUT2D eigenvalue weighted by Gasteiger charge is 1.96. The van der Waals surface area contributed by atoms with Crippen molar-refractivity contribution < 1.29 is 0 Å². The summed E-state index contributed by atoms with van der Waals surface area (Å²) in [4.78, 5) is 0. The van der Waals surface area contributed by atoms with Gasteiger partial charge in [0.05, 0.1) is 0 Å². The van der Waals surface area contributed by atoms with Crippen LogP contribution in [0.15, 0.2) is 18.2 Å². The third-order valence-corrected chi connectivity index (χ3v) is 2.60. The first kappa shape index (κ1) is 11.3. The highest BCUT2D eigenvalue weighted by Crippen LogP contribution is 2.12. The van der Waals surface area contributed by atoms with Gasteiger partial charge in [0.2, 0.25) is 0 Å². The summed E-state index contributed by atoms with van der Waals surface area (Å²) < 4.78 is 0. The first-order valence-electron chi connectivity index (χ1n) is 5.79. The van der Waals surface area contributed by atoms with Gasteiger partial charge in [-0.15, -0.1) is 0 Å². The van der Waals surface area contributed by atoms with E-state index in [0.717, 1.165) is 0 Å². The molecule has 1 rings (SSSR count). The fraction of sp³-hybridized carbons (Fsp3) is 0.571. The van der Waals surface area contributed by atoms with Gasteiger partial charge in [0, 0.05) is 0 Å². The monoisotopic (exact) mass is 190 g/mol. The van der Waals surface area contributed by atoms with Crippen LogP contribution in [0.5, 0.6) is 0 Å². The Morgan fingerprint density at radius 2 is 1.50 bits per heavy atom. The summed E-state index contributed by atoms with van der Waals surface area (Å²) in [7, 11) is 0. The Morgan fingerprint density at radius 1 is 0.857 bits per heavy atom. The molecule has 0 aliphatic rings. The van der Waals surface area contributed by atoms with E-state index in [2.05, 4.69) is 39.0 Å². The maximum Gasteiger partial charge on any atom is -0.0279 e. The van der Waals surface area contributed by atoms with E-state index in [4.69, 9.17) is 0 Å². The zero-order valence-corrected chi connectivity index (χ0v) is 9.77. The van der Waals surface area contributed by atoms with Gasteiger partial charge in [-0.1, -0.05) is 55.5 Å². The van der Waals surface area contributed by atoms with Crippen LogP contribution < -0.4 is 0 Å². The number of unbranched alkanes of at least 4 members (excludes halogenated alkanes) is 3. The molecule has 14 heavy (non-hydrogen) atoms. The predicted octanol–water partition coefficient (Wildman–Crippen LogP) is 4.43. The molecule has 0 aromatic heterocycles. The van der Waals surface area contributed by atoms with Crippen LogP contribution in [0.3, 0.4) is 0 Å². The van der Waals surface area contributed by atoms with Gasteiger partial charge in [0.1, 0.15) is 0 Å². The zero-order chi connectivity index (χ0) is 10.4. The quantitative estimate of drug-likeness (QED) is 0.603. The van der Waals surface area contributed by atoms with Gasteiger partial charge in [-0.25, -0.2) is 0 Å². The highest BCUT2D eigenvalue weighted by atomic mass is 14.0. The van der Waals surface area contributed by atoms with E-state index in [0.29, 0.717) is 0 Å². The van der Waals surface area contributed by atoms with Crippen LogP contribution in [0, 0.1) is 13.8 Å². The predicted molar refractivity (Wildman–Crippen MR) is 63.8 cm³/mol. The van der Waals surface area contributed by atoms with E-state index in [1.807, 2.05) is 0 Å². The van der Waals surface area contributed by atoms with Crippen LogP contribution >= 0.6 is 0 Å². The Kier molecular flexibility index (Phi) is 4.72. The lowest BCUT2D eigenvalue weighted by molar-refractivity contribution is 0.666. The van der Waals surface area contributed by atoms with E-state index >= 15 is 0 Å². The maximum absolute atomic E-state index is 2.32. The number of hydrogen-bond donors (Lipinski definition) is 0. The smallest absolute Gasteiger partial charge is 0.0279 e. The lowest BCUT2D eigenvalue weighted by atomic mass is 10.0. The van der Waals surface area contributed by atoms with E-state index in [1.165, 1.54) is 48.8 Å². The molecule has 0 unspecified atom stereocenters. The van der Waals surface area contributed by atoms with Gasteiger partial charge in [-0.2, -0.15) is 0 Å². The second-order valence-electron chi connectivity index (χ2n) is 4.31. The lowest BCUT2D eigenvalue weighted by Gasteiger charge is -2.04. The average molecular weight is 190 g/mol. The van der Waals surface area contributed by atoms with Crippen molar-refractivity contribution in [3.8, 4) is 0 Å². The molecule has 0 fully saturated rings. The molecule has 0 saturated heterocycles. The normalized spacial score (nSPS) is 10.5. The van der Waals surface area contributed by atoms with Crippen molar-refractivity contribution in [3.63, 3.8) is 0 Å². The first-order valence-corrected chi connectivity index (χ1v) is 5.79. The molecule has 1 aromatic carbocycles. The molecule has 1 aromatic rings. The van der Waals surface area contributed by atoms with Gasteiger partial charge in [-0.3, -0.25) is 0 Å². The van der Waals surface area contributed by atoms with Gasteiger partial charge < -0.3 is 0 Å². The van der Waals surface area contributed by atoms with Crippen molar-refractivity contribution >= 4 is 0 Å². The Bertz CT molecular complexity index is 253. The van der Waals surface area contributed by atoms with Crippen molar-refractivity contribution in [1.29, 1.82) is 0 Å². The molecule has 0 radical (unpaired) electrons. The van der Waals surface area contributed by atoms with E-state index in [9.17, 15) is 0 Å². The summed E-state index contributed by atoms with van der Waals surface area (Å²) in [6.07, 6.45) is 6.68. The SMILES string of the molecule is CCCCCCc1cc(C)cc(C)c1. The summed E-state index contributed by atoms with van der Waals surface area (Å²) in [5, 5.41) is 0. The molecule has 0 heterocycles. The van der Waals surface area contributed by atoms with Crippen LogP contribution in [0.2, 0.25) is 0 Å². The Balaban J connectivity index is 2.42.